The second kappa shape index (κ2) is 9.42. The molecule has 0 N–H and O–H groups in total. The average molecular weight is 552 g/mol. The quantitative estimate of drug-likeness (QED) is 0.151. The Balaban J connectivity index is 1.33. The Bertz CT molecular complexity index is 1700. The highest BCUT2D eigenvalue weighted by Gasteiger charge is 2.19. The topological polar surface area (TPSA) is 0 Å². The SMILES string of the molecule is CC(c1ccc(C(Br)c2c3ccccc3cc3ccccc23)cc1)c1c2ccccc2cc2ccccc12. The molecule has 0 nitrogen and oxygen atoms in total. The smallest absolute Gasteiger partial charge is 0.0656 e. The van der Waals surface area contributed by atoms with Crippen LogP contribution in [0.3, 0.4) is 0 Å². The lowest BCUT2D eigenvalue weighted by atomic mass is 9.85. The van der Waals surface area contributed by atoms with E-state index >= 15 is 0 Å². The summed E-state index contributed by atoms with van der Waals surface area (Å²) in [5, 5.41) is 10.4. The molecule has 0 aliphatic rings. The Morgan fingerprint density at radius 1 is 0.421 bits per heavy atom. The summed E-state index contributed by atoms with van der Waals surface area (Å²) in [5.74, 6) is 0.271. The molecule has 0 radical (unpaired) electrons. The molecule has 7 rings (SSSR count). The van der Waals surface area contributed by atoms with Gasteiger partial charge in [0.2, 0.25) is 0 Å². The Hall–Kier alpha value is -3.94. The predicted molar refractivity (Wildman–Crippen MR) is 168 cm³/mol. The standard InChI is InChI=1S/C37H27Br/c1-24(35-31-14-6-2-10-27(31)22-28-11-3-7-15-32(28)35)25-18-20-26(21-19-25)37(38)36-33-16-8-4-12-29(33)23-30-13-5-9-17-34(30)36/h2-24,37H,1H3. The molecule has 0 aromatic heterocycles. The molecule has 1 heteroatoms. The van der Waals surface area contributed by atoms with Gasteiger partial charge in [0.05, 0.1) is 4.83 Å². The fourth-order valence-corrected chi connectivity index (χ4v) is 6.92. The molecule has 0 saturated heterocycles. The molecule has 0 heterocycles. The molecule has 0 bridgehead atoms. The summed E-state index contributed by atoms with van der Waals surface area (Å²) in [6, 6.07) is 48.8. The van der Waals surface area contributed by atoms with Gasteiger partial charge in [0.1, 0.15) is 0 Å². The highest BCUT2D eigenvalue weighted by atomic mass is 79.9. The van der Waals surface area contributed by atoms with Gasteiger partial charge in [-0.2, -0.15) is 0 Å². The van der Waals surface area contributed by atoms with Gasteiger partial charge in [-0.05, 0) is 77.5 Å². The molecule has 0 aliphatic carbocycles. The molecule has 7 aromatic carbocycles. The van der Waals surface area contributed by atoms with Crippen LogP contribution in [0.4, 0.5) is 0 Å². The fraction of sp³-hybridized carbons (Fsp3) is 0.0811. The van der Waals surface area contributed by atoms with Crippen molar-refractivity contribution in [2.75, 3.05) is 0 Å². The van der Waals surface area contributed by atoms with E-state index in [4.69, 9.17) is 0 Å². The largest absolute Gasteiger partial charge is 0.0786 e. The number of rotatable bonds is 4. The minimum atomic E-state index is 0.0984. The van der Waals surface area contributed by atoms with Gasteiger partial charge < -0.3 is 0 Å². The number of hydrogen-bond acceptors (Lipinski definition) is 0. The van der Waals surface area contributed by atoms with Crippen LogP contribution >= 0.6 is 15.9 Å². The van der Waals surface area contributed by atoms with Crippen molar-refractivity contribution in [1.82, 2.24) is 0 Å². The van der Waals surface area contributed by atoms with E-state index in [0.717, 1.165) is 0 Å². The molecule has 2 unspecified atom stereocenters. The zero-order valence-corrected chi connectivity index (χ0v) is 22.8. The number of hydrogen-bond donors (Lipinski definition) is 0. The Labute approximate surface area is 231 Å². The van der Waals surface area contributed by atoms with Crippen molar-refractivity contribution in [1.29, 1.82) is 0 Å². The third-order valence-electron chi connectivity index (χ3n) is 8.04. The van der Waals surface area contributed by atoms with E-state index < -0.39 is 0 Å². The Kier molecular flexibility index (Phi) is 5.75. The van der Waals surface area contributed by atoms with E-state index in [-0.39, 0.29) is 10.7 Å². The van der Waals surface area contributed by atoms with Gasteiger partial charge in [-0.3, -0.25) is 0 Å². The number of benzene rings is 7. The number of halogens is 1. The summed E-state index contributed by atoms with van der Waals surface area (Å²) in [5.41, 5.74) is 5.34. The summed E-state index contributed by atoms with van der Waals surface area (Å²) in [4.78, 5) is 0.0984. The maximum absolute atomic E-state index is 4.11. The predicted octanol–water partition coefficient (Wildman–Crippen LogP) is 10.9. The highest BCUT2D eigenvalue weighted by molar-refractivity contribution is 9.09. The van der Waals surface area contributed by atoms with Crippen LogP contribution in [-0.2, 0) is 0 Å². The van der Waals surface area contributed by atoms with Crippen LogP contribution < -0.4 is 0 Å². The van der Waals surface area contributed by atoms with Crippen LogP contribution in [0.15, 0.2) is 133 Å². The minimum absolute atomic E-state index is 0.0984. The van der Waals surface area contributed by atoms with Crippen LogP contribution in [0, 0.1) is 0 Å². The molecular weight excluding hydrogens is 524 g/mol. The van der Waals surface area contributed by atoms with Crippen LogP contribution in [-0.4, -0.2) is 0 Å². The van der Waals surface area contributed by atoms with Crippen molar-refractivity contribution in [3.8, 4) is 0 Å². The summed E-state index contributed by atoms with van der Waals surface area (Å²) >= 11 is 4.11. The van der Waals surface area contributed by atoms with Gasteiger partial charge in [-0.15, -0.1) is 0 Å². The van der Waals surface area contributed by atoms with E-state index in [1.807, 2.05) is 0 Å². The average Bonchev–Trinajstić information content (AvgIpc) is 2.98. The molecule has 7 aromatic rings. The summed E-state index contributed by atoms with van der Waals surface area (Å²) in [6.07, 6.45) is 0. The second-order valence-electron chi connectivity index (χ2n) is 10.2. The molecule has 0 spiro atoms. The zero-order valence-electron chi connectivity index (χ0n) is 21.2. The summed E-state index contributed by atoms with van der Waals surface area (Å²) in [7, 11) is 0. The van der Waals surface area contributed by atoms with Crippen molar-refractivity contribution in [3.05, 3.63) is 156 Å². The fourth-order valence-electron chi connectivity index (χ4n) is 6.12. The minimum Gasteiger partial charge on any atom is -0.0786 e. The molecule has 0 fully saturated rings. The van der Waals surface area contributed by atoms with Gasteiger partial charge in [0.25, 0.3) is 0 Å². The molecule has 182 valence electrons. The molecular formula is C37H27Br. The normalized spacial score (nSPS) is 13.3. The van der Waals surface area contributed by atoms with E-state index in [1.165, 1.54) is 65.3 Å². The summed E-state index contributed by atoms with van der Waals surface area (Å²) < 4.78 is 0. The Morgan fingerprint density at radius 3 is 1.18 bits per heavy atom. The van der Waals surface area contributed by atoms with Gasteiger partial charge >= 0.3 is 0 Å². The van der Waals surface area contributed by atoms with Gasteiger partial charge in [0, 0.05) is 5.92 Å². The van der Waals surface area contributed by atoms with Gasteiger partial charge in [0.15, 0.2) is 0 Å². The molecule has 0 aliphatic heterocycles. The third-order valence-corrected chi connectivity index (χ3v) is 9.03. The molecule has 38 heavy (non-hydrogen) atoms. The first-order valence-corrected chi connectivity index (χ1v) is 14.2. The molecule has 0 saturated carbocycles. The Morgan fingerprint density at radius 2 is 0.763 bits per heavy atom. The number of fused-ring (bicyclic) bond motifs is 4. The van der Waals surface area contributed by atoms with Crippen molar-refractivity contribution in [2.45, 2.75) is 17.7 Å². The van der Waals surface area contributed by atoms with E-state index in [0.29, 0.717) is 0 Å². The highest BCUT2D eigenvalue weighted by Crippen LogP contribution is 2.42. The first-order valence-electron chi connectivity index (χ1n) is 13.2. The maximum atomic E-state index is 4.11. The van der Waals surface area contributed by atoms with Crippen molar-refractivity contribution in [2.24, 2.45) is 0 Å². The lowest BCUT2D eigenvalue weighted by Crippen LogP contribution is -2.01. The van der Waals surface area contributed by atoms with Gasteiger partial charge in [-0.1, -0.05) is 144 Å². The van der Waals surface area contributed by atoms with E-state index in [9.17, 15) is 0 Å². The monoisotopic (exact) mass is 550 g/mol. The van der Waals surface area contributed by atoms with E-state index in [1.54, 1.807) is 0 Å². The van der Waals surface area contributed by atoms with Crippen molar-refractivity contribution < 1.29 is 0 Å². The zero-order chi connectivity index (χ0) is 25.6. The maximum Gasteiger partial charge on any atom is 0.0656 e. The lowest BCUT2D eigenvalue weighted by Gasteiger charge is -2.20. The van der Waals surface area contributed by atoms with Crippen LogP contribution in [0.2, 0.25) is 0 Å². The second-order valence-corrected chi connectivity index (χ2v) is 11.1. The van der Waals surface area contributed by atoms with E-state index in [2.05, 4.69) is 156 Å². The lowest BCUT2D eigenvalue weighted by molar-refractivity contribution is 0.940. The van der Waals surface area contributed by atoms with Crippen molar-refractivity contribution >= 4 is 59.0 Å². The van der Waals surface area contributed by atoms with Crippen LogP contribution in [0.1, 0.15) is 39.9 Å². The first-order chi connectivity index (χ1) is 18.7. The first kappa shape index (κ1) is 23.2. The summed E-state index contributed by atoms with van der Waals surface area (Å²) in [6.45, 7) is 2.34. The van der Waals surface area contributed by atoms with Crippen LogP contribution in [0.25, 0.3) is 43.1 Å². The van der Waals surface area contributed by atoms with Crippen LogP contribution in [0.5, 0.6) is 0 Å². The van der Waals surface area contributed by atoms with Gasteiger partial charge in [-0.25, -0.2) is 0 Å². The molecule has 2 atom stereocenters. The van der Waals surface area contributed by atoms with Crippen molar-refractivity contribution in [3.63, 3.8) is 0 Å². The number of alkyl halides is 1. The molecule has 0 amide bonds. The third kappa shape index (κ3) is 3.81.